The smallest absolute Gasteiger partial charge is 0.0150 e. The molecule has 0 nitrogen and oxygen atoms in total. The molecule has 2 aromatic rings. The van der Waals surface area contributed by atoms with Crippen LogP contribution in [0, 0.1) is 13.8 Å². The number of hydrogen-bond donors (Lipinski definition) is 0. The molecule has 1 atom stereocenters. The Balaban J connectivity index is 2.13. The predicted octanol–water partition coefficient (Wildman–Crippen LogP) is 4.65. The lowest BCUT2D eigenvalue weighted by atomic mass is 9.92. The van der Waals surface area contributed by atoms with Crippen LogP contribution in [-0.2, 0) is 6.42 Å². The summed E-state index contributed by atoms with van der Waals surface area (Å²) in [4.78, 5) is 0. The van der Waals surface area contributed by atoms with Crippen molar-refractivity contribution >= 4 is 0 Å². The molecular formula is C17H20. The lowest BCUT2D eigenvalue weighted by Gasteiger charge is -2.13. The highest BCUT2D eigenvalue weighted by molar-refractivity contribution is 5.31. The molecule has 0 bridgehead atoms. The van der Waals surface area contributed by atoms with Crippen LogP contribution in [0.3, 0.4) is 0 Å². The zero-order valence-electron chi connectivity index (χ0n) is 10.9. The molecule has 0 N–H and O–H groups in total. The molecule has 0 radical (unpaired) electrons. The van der Waals surface area contributed by atoms with Crippen LogP contribution >= 0.6 is 0 Å². The van der Waals surface area contributed by atoms with Gasteiger partial charge in [-0.2, -0.15) is 0 Å². The number of aryl methyl sites for hydroxylation is 2. The molecule has 2 aromatic carbocycles. The standard InChI is InChI=1S/C17H20/c1-13-9-10-16(11-14(13)2)12-15(3)17-7-5-4-6-8-17/h4-11,15H,12H2,1-3H3. The zero-order valence-corrected chi connectivity index (χ0v) is 10.9. The lowest BCUT2D eigenvalue weighted by molar-refractivity contribution is 0.758. The van der Waals surface area contributed by atoms with Gasteiger partial charge in [0.25, 0.3) is 0 Å². The summed E-state index contributed by atoms with van der Waals surface area (Å²) in [5, 5.41) is 0. The van der Waals surface area contributed by atoms with Crippen LogP contribution in [0.4, 0.5) is 0 Å². The Kier molecular flexibility index (Phi) is 3.63. The molecule has 88 valence electrons. The van der Waals surface area contributed by atoms with Crippen LogP contribution < -0.4 is 0 Å². The molecular weight excluding hydrogens is 204 g/mol. The van der Waals surface area contributed by atoms with Crippen molar-refractivity contribution in [3.8, 4) is 0 Å². The molecule has 17 heavy (non-hydrogen) atoms. The molecule has 2 rings (SSSR count). The van der Waals surface area contributed by atoms with Gasteiger partial charge < -0.3 is 0 Å². The Morgan fingerprint density at radius 2 is 1.59 bits per heavy atom. The molecule has 0 aliphatic heterocycles. The zero-order chi connectivity index (χ0) is 12.3. The summed E-state index contributed by atoms with van der Waals surface area (Å²) >= 11 is 0. The maximum Gasteiger partial charge on any atom is -0.0150 e. The SMILES string of the molecule is Cc1ccc(CC(C)c2ccccc2)cc1C. The van der Waals surface area contributed by atoms with Gasteiger partial charge in [-0.15, -0.1) is 0 Å². The Hall–Kier alpha value is -1.56. The second-order valence-electron chi connectivity index (χ2n) is 4.93. The van der Waals surface area contributed by atoms with E-state index in [2.05, 4.69) is 69.3 Å². The highest BCUT2D eigenvalue weighted by atomic mass is 14.1. The van der Waals surface area contributed by atoms with Crippen LogP contribution in [0.25, 0.3) is 0 Å². The minimum Gasteiger partial charge on any atom is -0.0622 e. The quantitative estimate of drug-likeness (QED) is 0.712. The first kappa shape index (κ1) is 11.9. The van der Waals surface area contributed by atoms with Crippen molar-refractivity contribution in [1.29, 1.82) is 0 Å². The monoisotopic (exact) mass is 224 g/mol. The highest BCUT2D eigenvalue weighted by Crippen LogP contribution is 2.21. The van der Waals surface area contributed by atoms with Gasteiger partial charge in [-0.3, -0.25) is 0 Å². The van der Waals surface area contributed by atoms with Crippen molar-refractivity contribution in [2.45, 2.75) is 33.1 Å². The van der Waals surface area contributed by atoms with Crippen molar-refractivity contribution < 1.29 is 0 Å². The summed E-state index contributed by atoms with van der Waals surface area (Å²) in [5.41, 5.74) is 5.62. The van der Waals surface area contributed by atoms with Gasteiger partial charge in [-0.1, -0.05) is 55.5 Å². The van der Waals surface area contributed by atoms with E-state index < -0.39 is 0 Å². The largest absolute Gasteiger partial charge is 0.0622 e. The third-order valence-electron chi connectivity index (χ3n) is 3.48. The van der Waals surface area contributed by atoms with E-state index in [4.69, 9.17) is 0 Å². The average Bonchev–Trinajstić information content (AvgIpc) is 2.35. The minimum atomic E-state index is 0.582. The summed E-state index contributed by atoms with van der Waals surface area (Å²) in [7, 11) is 0. The Morgan fingerprint density at radius 3 is 2.24 bits per heavy atom. The first-order valence-electron chi connectivity index (χ1n) is 6.28. The second kappa shape index (κ2) is 5.18. The molecule has 0 aliphatic carbocycles. The van der Waals surface area contributed by atoms with E-state index in [1.165, 1.54) is 22.3 Å². The van der Waals surface area contributed by atoms with Crippen LogP contribution in [0.15, 0.2) is 48.5 Å². The molecule has 0 aromatic heterocycles. The molecule has 0 aliphatic rings. The molecule has 0 spiro atoms. The molecule has 0 saturated carbocycles. The topological polar surface area (TPSA) is 0 Å². The Morgan fingerprint density at radius 1 is 0.882 bits per heavy atom. The summed E-state index contributed by atoms with van der Waals surface area (Å²) in [5.74, 6) is 0.582. The van der Waals surface area contributed by atoms with E-state index in [0.717, 1.165) is 6.42 Å². The van der Waals surface area contributed by atoms with E-state index in [1.807, 2.05) is 0 Å². The number of hydrogen-bond acceptors (Lipinski definition) is 0. The van der Waals surface area contributed by atoms with Gasteiger partial charge in [0, 0.05) is 0 Å². The maximum absolute atomic E-state index is 2.31. The third kappa shape index (κ3) is 2.97. The van der Waals surface area contributed by atoms with E-state index in [-0.39, 0.29) is 0 Å². The number of rotatable bonds is 3. The van der Waals surface area contributed by atoms with Crippen LogP contribution in [-0.4, -0.2) is 0 Å². The van der Waals surface area contributed by atoms with Gasteiger partial charge in [0.15, 0.2) is 0 Å². The molecule has 0 heterocycles. The fourth-order valence-electron chi connectivity index (χ4n) is 2.18. The van der Waals surface area contributed by atoms with Crippen molar-refractivity contribution in [2.75, 3.05) is 0 Å². The number of benzene rings is 2. The van der Waals surface area contributed by atoms with Gasteiger partial charge in [0.1, 0.15) is 0 Å². The highest BCUT2D eigenvalue weighted by Gasteiger charge is 2.06. The van der Waals surface area contributed by atoms with Crippen molar-refractivity contribution in [3.05, 3.63) is 70.8 Å². The Bertz CT molecular complexity index is 483. The van der Waals surface area contributed by atoms with Crippen LogP contribution in [0.2, 0.25) is 0 Å². The molecule has 1 unspecified atom stereocenters. The van der Waals surface area contributed by atoms with E-state index >= 15 is 0 Å². The van der Waals surface area contributed by atoms with E-state index in [0.29, 0.717) is 5.92 Å². The predicted molar refractivity (Wildman–Crippen MR) is 74.5 cm³/mol. The maximum atomic E-state index is 2.31. The molecule has 0 heteroatoms. The third-order valence-corrected chi connectivity index (χ3v) is 3.48. The Labute approximate surface area is 104 Å². The van der Waals surface area contributed by atoms with Gasteiger partial charge in [-0.05, 0) is 48.4 Å². The van der Waals surface area contributed by atoms with Crippen LogP contribution in [0.1, 0.15) is 35.1 Å². The van der Waals surface area contributed by atoms with Gasteiger partial charge in [0.05, 0.1) is 0 Å². The fraction of sp³-hybridized carbons (Fsp3) is 0.294. The van der Waals surface area contributed by atoms with Gasteiger partial charge in [0.2, 0.25) is 0 Å². The summed E-state index contributed by atoms with van der Waals surface area (Å²) in [6, 6.07) is 17.5. The summed E-state index contributed by atoms with van der Waals surface area (Å²) in [6.45, 7) is 6.65. The van der Waals surface area contributed by atoms with Gasteiger partial charge in [-0.25, -0.2) is 0 Å². The normalized spacial score (nSPS) is 12.4. The van der Waals surface area contributed by atoms with Crippen molar-refractivity contribution in [1.82, 2.24) is 0 Å². The van der Waals surface area contributed by atoms with Gasteiger partial charge >= 0.3 is 0 Å². The first-order valence-corrected chi connectivity index (χ1v) is 6.28. The van der Waals surface area contributed by atoms with Crippen molar-refractivity contribution in [2.24, 2.45) is 0 Å². The fourth-order valence-corrected chi connectivity index (χ4v) is 2.18. The van der Waals surface area contributed by atoms with Crippen LogP contribution in [0.5, 0.6) is 0 Å². The molecule has 0 amide bonds. The minimum absolute atomic E-state index is 0.582. The summed E-state index contributed by atoms with van der Waals surface area (Å²) < 4.78 is 0. The second-order valence-corrected chi connectivity index (χ2v) is 4.93. The van der Waals surface area contributed by atoms with E-state index in [1.54, 1.807) is 0 Å². The molecule has 0 fully saturated rings. The van der Waals surface area contributed by atoms with Crippen molar-refractivity contribution in [3.63, 3.8) is 0 Å². The average molecular weight is 224 g/mol. The summed E-state index contributed by atoms with van der Waals surface area (Å²) in [6.07, 6.45) is 1.12. The lowest BCUT2D eigenvalue weighted by Crippen LogP contribution is -1.98. The first-order chi connectivity index (χ1) is 8.16. The van der Waals surface area contributed by atoms with E-state index in [9.17, 15) is 0 Å². The molecule has 0 saturated heterocycles.